The molecule has 1 unspecified atom stereocenters. The molecule has 19 heavy (non-hydrogen) atoms. The van der Waals surface area contributed by atoms with Gasteiger partial charge in [-0.25, -0.2) is 4.39 Å². The second-order valence-electron chi connectivity index (χ2n) is 5.14. The Labute approximate surface area is 112 Å². The summed E-state index contributed by atoms with van der Waals surface area (Å²) in [6.07, 6.45) is 0. The van der Waals surface area contributed by atoms with Gasteiger partial charge in [0.2, 0.25) is 0 Å². The molecule has 106 valence electrons. The topological polar surface area (TPSA) is 61.5 Å². The van der Waals surface area contributed by atoms with Crippen LogP contribution in [0.2, 0.25) is 0 Å². The Bertz CT molecular complexity index is 458. The van der Waals surface area contributed by atoms with E-state index >= 15 is 0 Å². The molecule has 0 bridgehead atoms. The maximum Gasteiger partial charge on any atom is 0.314 e. The molecule has 0 amide bonds. The summed E-state index contributed by atoms with van der Waals surface area (Å²) in [4.78, 5) is 11.5. The minimum atomic E-state index is -0.832. The molecule has 0 heterocycles. The Kier molecular flexibility index (Phi) is 4.89. The number of esters is 1. The molecule has 0 saturated heterocycles. The Morgan fingerprint density at radius 3 is 2.58 bits per heavy atom. The van der Waals surface area contributed by atoms with E-state index in [0.29, 0.717) is 5.56 Å². The van der Waals surface area contributed by atoms with Crippen LogP contribution in [0.25, 0.3) is 0 Å². The van der Waals surface area contributed by atoms with Crippen LogP contribution in [0.1, 0.15) is 32.4 Å². The average Bonchev–Trinajstić information content (AvgIpc) is 2.36. The number of carbonyl (C=O) groups excluding carboxylic acids is 1. The summed E-state index contributed by atoms with van der Waals surface area (Å²) in [5, 5.41) is 0. The van der Waals surface area contributed by atoms with Crippen LogP contribution in [0.15, 0.2) is 18.2 Å². The molecule has 0 spiro atoms. The van der Waals surface area contributed by atoms with Crippen molar-refractivity contribution in [3.8, 4) is 5.75 Å². The highest BCUT2D eigenvalue weighted by Crippen LogP contribution is 2.24. The molecular formula is C14H20FNO3. The minimum Gasteiger partial charge on any atom is -0.489 e. The number of hydrogen-bond acceptors (Lipinski definition) is 4. The lowest BCUT2D eigenvalue weighted by atomic mass is 9.95. The minimum absolute atomic E-state index is 0.0358. The highest BCUT2D eigenvalue weighted by molar-refractivity contribution is 5.75. The normalized spacial score (nSPS) is 12.9. The fourth-order valence-corrected chi connectivity index (χ4v) is 1.51. The average molecular weight is 269 g/mol. The summed E-state index contributed by atoms with van der Waals surface area (Å²) in [5.41, 5.74) is 5.52. The zero-order valence-electron chi connectivity index (χ0n) is 11.7. The van der Waals surface area contributed by atoms with E-state index in [4.69, 9.17) is 10.5 Å². The standard InChI is InChI=1S/C14H20FNO3/c1-9(16)10-5-6-12(11(15)7-10)19-8-14(2,3)13(17)18-4/h5-7,9H,8,16H2,1-4H3. The second-order valence-corrected chi connectivity index (χ2v) is 5.14. The third kappa shape index (κ3) is 3.92. The fraction of sp³-hybridized carbons (Fsp3) is 0.500. The van der Waals surface area contributed by atoms with E-state index in [1.54, 1.807) is 26.8 Å². The summed E-state index contributed by atoms with van der Waals surface area (Å²) in [6, 6.07) is 4.32. The smallest absolute Gasteiger partial charge is 0.314 e. The summed E-state index contributed by atoms with van der Waals surface area (Å²) in [7, 11) is 1.31. The molecule has 0 aromatic heterocycles. The Morgan fingerprint density at radius 1 is 1.47 bits per heavy atom. The maximum atomic E-state index is 13.8. The molecule has 1 aromatic carbocycles. The number of hydrogen-bond donors (Lipinski definition) is 1. The van der Waals surface area contributed by atoms with Crippen molar-refractivity contribution in [1.82, 2.24) is 0 Å². The molecule has 1 aromatic rings. The van der Waals surface area contributed by atoms with Gasteiger partial charge in [0, 0.05) is 6.04 Å². The molecule has 0 radical (unpaired) electrons. The van der Waals surface area contributed by atoms with Crippen LogP contribution in [0.5, 0.6) is 5.75 Å². The van der Waals surface area contributed by atoms with Gasteiger partial charge in [0.05, 0.1) is 12.5 Å². The number of rotatable bonds is 5. The van der Waals surface area contributed by atoms with Gasteiger partial charge in [0.15, 0.2) is 11.6 Å². The van der Waals surface area contributed by atoms with Gasteiger partial charge in [0.25, 0.3) is 0 Å². The van der Waals surface area contributed by atoms with Crippen molar-refractivity contribution in [3.63, 3.8) is 0 Å². The van der Waals surface area contributed by atoms with Gasteiger partial charge < -0.3 is 15.2 Å². The van der Waals surface area contributed by atoms with Crippen LogP contribution in [-0.2, 0) is 9.53 Å². The summed E-state index contributed by atoms with van der Waals surface area (Å²) in [5.74, 6) is -0.794. The van der Waals surface area contributed by atoms with E-state index in [1.165, 1.54) is 19.2 Å². The molecule has 0 aliphatic rings. The van der Waals surface area contributed by atoms with Crippen molar-refractivity contribution >= 4 is 5.97 Å². The summed E-state index contributed by atoms with van der Waals surface area (Å²) < 4.78 is 23.8. The number of nitrogens with two attached hydrogens (primary N) is 1. The third-order valence-electron chi connectivity index (χ3n) is 2.81. The monoisotopic (exact) mass is 269 g/mol. The van der Waals surface area contributed by atoms with Crippen LogP contribution >= 0.6 is 0 Å². The first kappa shape index (κ1) is 15.4. The van der Waals surface area contributed by atoms with Gasteiger partial charge in [-0.2, -0.15) is 0 Å². The molecule has 0 aliphatic heterocycles. The Hall–Kier alpha value is -1.62. The number of benzene rings is 1. The van der Waals surface area contributed by atoms with Gasteiger partial charge in [-0.15, -0.1) is 0 Å². The lowest BCUT2D eigenvalue weighted by molar-refractivity contribution is -0.152. The third-order valence-corrected chi connectivity index (χ3v) is 2.81. The maximum absolute atomic E-state index is 13.8. The highest BCUT2D eigenvalue weighted by Gasteiger charge is 2.30. The van der Waals surface area contributed by atoms with Crippen LogP contribution < -0.4 is 10.5 Å². The first-order valence-corrected chi connectivity index (χ1v) is 6.04. The van der Waals surface area contributed by atoms with Crippen molar-refractivity contribution in [2.75, 3.05) is 13.7 Å². The van der Waals surface area contributed by atoms with Gasteiger partial charge >= 0.3 is 5.97 Å². The first-order valence-electron chi connectivity index (χ1n) is 6.04. The molecule has 2 N–H and O–H groups in total. The van der Waals surface area contributed by atoms with E-state index in [0.717, 1.165) is 0 Å². The summed E-state index contributed by atoms with van der Waals surface area (Å²) in [6.45, 7) is 5.16. The second kappa shape index (κ2) is 6.02. The molecule has 0 aliphatic carbocycles. The Morgan fingerprint density at radius 2 is 2.11 bits per heavy atom. The van der Waals surface area contributed by atoms with Crippen molar-refractivity contribution in [1.29, 1.82) is 0 Å². The first-order chi connectivity index (χ1) is 8.77. The van der Waals surface area contributed by atoms with Gasteiger partial charge in [-0.1, -0.05) is 6.07 Å². The number of methoxy groups -OCH3 is 1. The lowest BCUT2D eigenvalue weighted by Crippen LogP contribution is -2.32. The number of carbonyl (C=O) groups is 1. The van der Waals surface area contributed by atoms with E-state index in [-0.39, 0.29) is 18.4 Å². The van der Waals surface area contributed by atoms with Crippen molar-refractivity contribution in [2.45, 2.75) is 26.8 Å². The largest absolute Gasteiger partial charge is 0.489 e. The Balaban J connectivity index is 2.76. The molecule has 0 saturated carbocycles. The molecule has 1 atom stereocenters. The lowest BCUT2D eigenvalue weighted by Gasteiger charge is -2.22. The summed E-state index contributed by atoms with van der Waals surface area (Å²) >= 11 is 0. The van der Waals surface area contributed by atoms with E-state index in [2.05, 4.69) is 4.74 Å². The zero-order chi connectivity index (χ0) is 14.6. The molecule has 1 rings (SSSR count). The van der Waals surface area contributed by atoms with Crippen molar-refractivity contribution in [3.05, 3.63) is 29.6 Å². The quantitative estimate of drug-likeness (QED) is 0.834. The van der Waals surface area contributed by atoms with Crippen molar-refractivity contribution < 1.29 is 18.7 Å². The van der Waals surface area contributed by atoms with Gasteiger partial charge in [-0.05, 0) is 38.5 Å². The van der Waals surface area contributed by atoms with E-state index < -0.39 is 17.2 Å². The molecule has 0 fully saturated rings. The fourth-order valence-electron chi connectivity index (χ4n) is 1.51. The molecule has 5 heteroatoms. The molecular weight excluding hydrogens is 249 g/mol. The van der Waals surface area contributed by atoms with Crippen LogP contribution in [0, 0.1) is 11.2 Å². The SMILES string of the molecule is COC(=O)C(C)(C)COc1ccc(C(C)N)cc1F. The van der Waals surface area contributed by atoms with Crippen LogP contribution in [-0.4, -0.2) is 19.7 Å². The zero-order valence-corrected chi connectivity index (χ0v) is 11.7. The number of halogens is 1. The molecule has 4 nitrogen and oxygen atoms in total. The van der Waals surface area contributed by atoms with E-state index in [1.807, 2.05) is 0 Å². The highest BCUT2D eigenvalue weighted by atomic mass is 19.1. The van der Waals surface area contributed by atoms with Crippen LogP contribution in [0.4, 0.5) is 4.39 Å². The van der Waals surface area contributed by atoms with Crippen molar-refractivity contribution in [2.24, 2.45) is 11.1 Å². The predicted molar refractivity (Wildman–Crippen MR) is 70.3 cm³/mol. The predicted octanol–water partition coefficient (Wildman–Crippen LogP) is 2.42. The van der Waals surface area contributed by atoms with Gasteiger partial charge in [-0.3, -0.25) is 4.79 Å². The van der Waals surface area contributed by atoms with Gasteiger partial charge in [0.1, 0.15) is 6.61 Å². The number of ether oxygens (including phenoxy) is 2. The van der Waals surface area contributed by atoms with Crippen LogP contribution in [0.3, 0.4) is 0 Å². The van der Waals surface area contributed by atoms with E-state index in [9.17, 15) is 9.18 Å².